The Labute approximate surface area is 324 Å². The standard InChI is InChI=1S/C51H34N4O/c1-5-14-35(15-6-1)36-24-28-43(29-25-36)55(42-21-11-4-12-22-42)44-23-13-20-39(32-44)40-26-30-45-46-31-27-41(34-48(46)56-47(45)33-40)51-53-49(37-16-7-2-8-17-37)52-50(54-51)38-18-9-3-10-19-38/h1-34H. The molecule has 5 heteroatoms. The zero-order chi connectivity index (χ0) is 37.3. The Morgan fingerprint density at radius 3 is 1.27 bits per heavy atom. The predicted molar refractivity (Wildman–Crippen MR) is 229 cm³/mol. The molecule has 0 bridgehead atoms. The lowest BCUT2D eigenvalue weighted by molar-refractivity contribution is 0.669. The third-order valence-electron chi connectivity index (χ3n) is 10.1. The van der Waals surface area contributed by atoms with Gasteiger partial charge in [-0.3, -0.25) is 0 Å². The monoisotopic (exact) mass is 718 g/mol. The Morgan fingerprint density at radius 1 is 0.286 bits per heavy atom. The normalized spacial score (nSPS) is 11.2. The lowest BCUT2D eigenvalue weighted by Gasteiger charge is -2.26. The van der Waals surface area contributed by atoms with Gasteiger partial charge in [0.1, 0.15) is 11.2 Å². The van der Waals surface area contributed by atoms with Crippen LogP contribution >= 0.6 is 0 Å². The summed E-state index contributed by atoms with van der Waals surface area (Å²) in [4.78, 5) is 17.0. The van der Waals surface area contributed by atoms with E-state index in [1.807, 2.05) is 72.8 Å². The van der Waals surface area contributed by atoms with E-state index in [2.05, 4.69) is 138 Å². The van der Waals surface area contributed by atoms with Crippen LogP contribution in [0.4, 0.5) is 17.1 Å². The number of hydrogen-bond acceptors (Lipinski definition) is 5. The van der Waals surface area contributed by atoms with Gasteiger partial charge in [-0.15, -0.1) is 0 Å². The SMILES string of the molecule is c1ccc(-c2ccc(N(c3ccccc3)c3cccc(-c4ccc5c(c4)oc4cc(-c6nc(-c7ccccc7)nc(-c7ccccc7)n6)ccc45)c3)cc2)cc1. The van der Waals surface area contributed by atoms with Gasteiger partial charge in [0.15, 0.2) is 17.5 Å². The number of fused-ring (bicyclic) bond motifs is 3. The Hall–Kier alpha value is -7.63. The van der Waals surface area contributed by atoms with Crippen LogP contribution in [0.5, 0.6) is 0 Å². The Bertz CT molecular complexity index is 2890. The number of anilines is 3. The van der Waals surface area contributed by atoms with Crippen LogP contribution in [0.3, 0.4) is 0 Å². The molecule has 0 amide bonds. The van der Waals surface area contributed by atoms with Gasteiger partial charge in [0.25, 0.3) is 0 Å². The highest BCUT2D eigenvalue weighted by molar-refractivity contribution is 6.07. The van der Waals surface area contributed by atoms with Crippen LogP contribution < -0.4 is 4.90 Å². The molecular weight excluding hydrogens is 685 g/mol. The summed E-state index contributed by atoms with van der Waals surface area (Å²) in [6, 6.07) is 71.2. The average Bonchev–Trinajstić information content (AvgIpc) is 3.65. The first-order chi connectivity index (χ1) is 27.7. The maximum Gasteiger partial charge on any atom is 0.164 e. The zero-order valence-electron chi connectivity index (χ0n) is 30.3. The van der Waals surface area contributed by atoms with Crippen molar-refractivity contribution < 1.29 is 4.42 Å². The Balaban J connectivity index is 1.01. The minimum atomic E-state index is 0.593. The van der Waals surface area contributed by atoms with E-state index in [1.54, 1.807) is 0 Å². The quantitative estimate of drug-likeness (QED) is 0.157. The van der Waals surface area contributed by atoms with Gasteiger partial charge in [0, 0.05) is 44.5 Å². The third kappa shape index (κ3) is 6.37. The summed E-state index contributed by atoms with van der Waals surface area (Å²) in [6.07, 6.45) is 0. The summed E-state index contributed by atoms with van der Waals surface area (Å²) in [6.45, 7) is 0. The molecule has 0 aliphatic heterocycles. The van der Waals surface area contributed by atoms with Crippen LogP contribution in [-0.2, 0) is 0 Å². The average molecular weight is 719 g/mol. The van der Waals surface area contributed by atoms with Crippen molar-refractivity contribution in [1.29, 1.82) is 0 Å². The number of para-hydroxylation sites is 1. The van der Waals surface area contributed by atoms with Gasteiger partial charge in [0.05, 0.1) is 0 Å². The van der Waals surface area contributed by atoms with E-state index < -0.39 is 0 Å². The molecule has 10 rings (SSSR count). The Morgan fingerprint density at radius 2 is 0.679 bits per heavy atom. The molecule has 2 heterocycles. The van der Waals surface area contributed by atoms with E-state index in [1.165, 1.54) is 11.1 Å². The molecule has 0 spiro atoms. The van der Waals surface area contributed by atoms with Crippen molar-refractivity contribution in [3.8, 4) is 56.4 Å². The van der Waals surface area contributed by atoms with Crippen molar-refractivity contribution in [3.63, 3.8) is 0 Å². The second-order valence-electron chi connectivity index (χ2n) is 13.7. The van der Waals surface area contributed by atoms with E-state index in [0.717, 1.165) is 66.8 Å². The summed E-state index contributed by atoms with van der Waals surface area (Å²) < 4.78 is 6.59. The number of rotatable bonds is 8. The summed E-state index contributed by atoms with van der Waals surface area (Å²) in [5.74, 6) is 1.84. The Kier molecular flexibility index (Phi) is 8.43. The zero-order valence-corrected chi connectivity index (χ0v) is 30.3. The van der Waals surface area contributed by atoms with Gasteiger partial charge >= 0.3 is 0 Å². The highest BCUT2D eigenvalue weighted by Crippen LogP contribution is 2.39. The molecule has 0 aliphatic carbocycles. The van der Waals surface area contributed by atoms with Gasteiger partial charge in [-0.2, -0.15) is 0 Å². The summed E-state index contributed by atoms with van der Waals surface area (Å²) in [5, 5.41) is 2.10. The topological polar surface area (TPSA) is 55.1 Å². The molecule has 5 nitrogen and oxygen atoms in total. The fraction of sp³-hybridized carbons (Fsp3) is 0. The highest BCUT2D eigenvalue weighted by Gasteiger charge is 2.17. The van der Waals surface area contributed by atoms with Crippen LogP contribution in [0.25, 0.3) is 78.4 Å². The van der Waals surface area contributed by atoms with Gasteiger partial charge in [-0.25, -0.2) is 15.0 Å². The van der Waals surface area contributed by atoms with Crippen LogP contribution in [0.2, 0.25) is 0 Å². The number of furan rings is 1. The van der Waals surface area contributed by atoms with E-state index in [0.29, 0.717) is 17.5 Å². The highest BCUT2D eigenvalue weighted by atomic mass is 16.3. The number of nitrogens with zero attached hydrogens (tertiary/aromatic N) is 4. The van der Waals surface area contributed by atoms with Gasteiger partial charge < -0.3 is 9.32 Å². The fourth-order valence-corrected chi connectivity index (χ4v) is 7.32. The lowest BCUT2D eigenvalue weighted by atomic mass is 10.0. The van der Waals surface area contributed by atoms with Gasteiger partial charge in [-0.05, 0) is 82.9 Å². The molecule has 56 heavy (non-hydrogen) atoms. The second kappa shape index (κ2) is 14.3. The largest absolute Gasteiger partial charge is 0.456 e. The molecular formula is C51H34N4O. The van der Waals surface area contributed by atoms with Crippen molar-refractivity contribution in [2.75, 3.05) is 4.90 Å². The molecule has 0 fully saturated rings. The number of hydrogen-bond donors (Lipinski definition) is 0. The van der Waals surface area contributed by atoms with Gasteiger partial charge in [-0.1, -0.05) is 146 Å². The van der Waals surface area contributed by atoms with E-state index in [4.69, 9.17) is 19.4 Å². The minimum Gasteiger partial charge on any atom is -0.456 e. The molecule has 0 unspecified atom stereocenters. The first kappa shape index (κ1) is 33.0. The molecule has 0 aliphatic rings. The molecule has 10 aromatic rings. The molecule has 0 saturated carbocycles. The molecule has 0 radical (unpaired) electrons. The number of benzene rings is 8. The van der Waals surface area contributed by atoms with Crippen LogP contribution in [0, 0.1) is 0 Å². The van der Waals surface area contributed by atoms with Crippen molar-refractivity contribution in [2.24, 2.45) is 0 Å². The van der Waals surface area contributed by atoms with Crippen molar-refractivity contribution in [3.05, 3.63) is 206 Å². The fourth-order valence-electron chi connectivity index (χ4n) is 7.32. The maximum absolute atomic E-state index is 6.59. The minimum absolute atomic E-state index is 0.593. The lowest BCUT2D eigenvalue weighted by Crippen LogP contribution is -2.09. The van der Waals surface area contributed by atoms with Crippen LogP contribution in [0.1, 0.15) is 0 Å². The first-order valence-corrected chi connectivity index (χ1v) is 18.7. The second-order valence-corrected chi connectivity index (χ2v) is 13.7. The molecule has 0 saturated heterocycles. The smallest absolute Gasteiger partial charge is 0.164 e. The van der Waals surface area contributed by atoms with Crippen LogP contribution in [-0.4, -0.2) is 15.0 Å². The molecule has 8 aromatic carbocycles. The van der Waals surface area contributed by atoms with Crippen molar-refractivity contribution >= 4 is 39.0 Å². The molecule has 264 valence electrons. The summed E-state index contributed by atoms with van der Waals surface area (Å²) >= 11 is 0. The maximum atomic E-state index is 6.59. The summed E-state index contributed by atoms with van der Waals surface area (Å²) in [5.41, 5.74) is 12.1. The molecule has 0 atom stereocenters. The van der Waals surface area contributed by atoms with E-state index >= 15 is 0 Å². The van der Waals surface area contributed by atoms with Crippen molar-refractivity contribution in [1.82, 2.24) is 15.0 Å². The third-order valence-corrected chi connectivity index (χ3v) is 10.1. The number of aromatic nitrogens is 3. The van der Waals surface area contributed by atoms with E-state index in [-0.39, 0.29) is 0 Å². The van der Waals surface area contributed by atoms with Crippen LogP contribution in [0.15, 0.2) is 211 Å². The molecule has 0 N–H and O–H groups in total. The predicted octanol–water partition coefficient (Wildman–Crippen LogP) is 13.6. The molecule has 2 aromatic heterocycles. The van der Waals surface area contributed by atoms with Crippen molar-refractivity contribution in [2.45, 2.75) is 0 Å². The summed E-state index contributed by atoms with van der Waals surface area (Å²) in [7, 11) is 0. The van der Waals surface area contributed by atoms with E-state index in [9.17, 15) is 0 Å². The van der Waals surface area contributed by atoms with Gasteiger partial charge in [0.2, 0.25) is 0 Å². The first-order valence-electron chi connectivity index (χ1n) is 18.7.